The van der Waals surface area contributed by atoms with E-state index in [0.29, 0.717) is 17.2 Å². The Balaban J connectivity index is 2.06. The Morgan fingerprint density at radius 2 is 1.85 bits per heavy atom. The van der Waals surface area contributed by atoms with Crippen LogP contribution in [-0.2, 0) is 6.18 Å². The Labute approximate surface area is 145 Å². The van der Waals surface area contributed by atoms with Gasteiger partial charge in [0.1, 0.15) is 11.5 Å². The minimum atomic E-state index is -4.40. The second-order valence-corrected chi connectivity index (χ2v) is 4.82. The number of nitrogens with one attached hydrogen (secondary N) is 1. The summed E-state index contributed by atoms with van der Waals surface area (Å²) in [4.78, 5) is 12.0. The molecule has 1 heterocycles. The van der Waals surface area contributed by atoms with Crippen LogP contribution < -0.4 is 16.8 Å². The molecule has 2 aromatic rings. The zero-order valence-electron chi connectivity index (χ0n) is 13.1. The molecular formula is C15H14F3N7O. The van der Waals surface area contributed by atoms with E-state index in [1.54, 1.807) is 0 Å². The van der Waals surface area contributed by atoms with Gasteiger partial charge in [-0.3, -0.25) is 4.99 Å². The van der Waals surface area contributed by atoms with Crippen molar-refractivity contribution in [3.63, 3.8) is 0 Å². The molecule has 6 N–H and O–H groups in total. The molecule has 8 nitrogen and oxygen atoms in total. The highest BCUT2D eigenvalue weighted by Crippen LogP contribution is 2.30. The van der Waals surface area contributed by atoms with Crippen LogP contribution in [0.2, 0.25) is 0 Å². The highest BCUT2D eigenvalue weighted by atomic mass is 19.4. The molecular weight excluding hydrogens is 351 g/mol. The molecule has 0 saturated carbocycles. The number of aliphatic imine (C=N–C) groups is 1. The third kappa shape index (κ3) is 4.93. The third-order valence-corrected chi connectivity index (χ3v) is 3.02. The molecule has 0 spiro atoms. The van der Waals surface area contributed by atoms with Gasteiger partial charge in [0.05, 0.1) is 35.6 Å². The maximum Gasteiger partial charge on any atom is 0.416 e. The number of hydrogen-bond acceptors (Lipinski definition) is 7. The predicted octanol–water partition coefficient (Wildman–Crippen LogP) is 2.20. The summed E-state index contributed by atoms with van der Waals surface area (Å²) in [6.45, 7) is 0. The van der Waals surface area contributed by atoms with Crippen LogP contribution in [0.25, 0.3) is 0 Å². The molecule has 0 bridgehead atoms. The van der Waals surface area contributed by atoms with E-state index in [1.807, 2.05) is 0 Å². The zero-order valence-corrected chi connectivity index (χ0v) is 13.1. The molecule has 26 heavy (non-hydrogen) atoms. The number of benzene rings is 1. The number of halogens is 3. The van der Waals surface area contributed by atoms with Crippen LogP contribution >= 0.6 is 0 Å². The van der Waals surface area contributed by atoms with Crippen molar-refractivity contribution < 1.29 is 18.4 Å². The van der Waals surface area contributed by atoms with Crippen molar-refractivity contribution in [1.82, 2.24) is 9.97 Å². The van der Waals surface area contributed by atoms with E-state index < -0.39 is 11.7 Å². The first kappa shape index (κ1) is 18.7. The lowest BCUT2D eigenvalue weighted by Gasteiger charge is -2.07. The van der Waals surface area contributed by atoms with Gasteiger partial charge in [0, 0.05) is 6.20 Å². The summed E-state index contributed by atoms with van der Waals surface area (Å²) in [6.07, 6.45) is 0.719. The number of amidine groups is 1. The highest BCUT2D eigenvalue weighted by Gasteiger charge is 2.29. The van der Waals surface area contributed by atoms with E-state index in [2.05, 4.69) is 25.4 Å². The zero-order chi connectivity index (χ0) is 19.2. The summed E-state index contributed by atoms with van der Waals surface area (Å²) in [5, 5.41) is 14.2. The van der Waals surface area contributed by atoms with Gasteiger partial charge in [-0.25, -0.2) is 9.97 Å². The fourth-order valence-electron chi connectivity index (χ4n) is 1.72. The number of nitrogens with zero attached hydrogens (tertiary/aromatic N) is 4. The Bertz CT molecular complexity index is 828. The molecule has 136 valence electrons. The van der Waals surface area contributed by atoms with E-state index in [-0.39, 0.29) is 11.5 Å². The molecule has 11 heteroatoms. The molecule has 2 rings (SSSR count). The summed E-state index contributed by atoms with van der Waals surface area (Å²) in [5.74, 6) is 0.109. The molecule has 0 aliphatic heterocycles. The van der Waals surface area contributed by atoms with Crippen molar-refractivity contribution in [2.75, 3.05) is 5.32 Å². The van der Waals surface area contributed by atoms with Crippen molar-refractivity contribution in [2.45, 2.75) is 6.18 Å². The molecule has 0 aliphatic rings. The molecule has 1 aromatic heterocycles. The lowest BCUT2D eigenvalue weighted by atomic mass is 10.2. The van der Waals surface area contributed by atoms with Gasteiger partial charge >= 0.3 is 6.18 Å². The Hall–Kier alpha value is -3.63. The standard InChI is InChI=1S/C15H14F3N7O/c16-15(17,18)9-1-3-10(4-2-9)21-6-11(5-19)24-13-8-22-12(7-23-13)14(20)25-26/h1-8,26H,19H2,(H2,20,25)(H,23,24). The second kappa shape index (κ2) is 7.96. The summed E-state index contributed by atoms with van der Waals surface area (Å²) in [5.41, 5.74) is 10.9. The van der Waals surface area contributed by atoms with E-state index in [4.69, 9.17) is 16.7 Å². The van der Waals surface area contributed by atoms with Crippen LogP contribution in [0.1, 0.15) is 11.3 Å². The molecule has 0 saturated heterocycles. The number of aromatic nitrogens is 2. The van der Waals surface area contributed by atoms with Gasteiger partial charge in [-0.05, 0) is 24.3 Å². The van der Waals surface area contributed by atoms with Gasteiger partial charge in [0.2, 0.25) is 0 Å². The normalized spacial score (nSPS) is 13.2. The summed E-state index contributed by atoms with van der Waals surface area (Å²) in [6, 6.07) is 4.34. The average Bonchev–Trinajstić information content (AvgIpc) is 2.64. The fourth-order valence-corrected chi connectivity index (χ4v) is 1.72. The predicted molar refractivity (Wildman–Crippen MR) is 90.0 cm³/mol. The van der Waals surface area contributed by atoms with Crippen LogP contribution in [-0.4, -0.2) is 27.2 Å². The lowest BCUT2D eigenvalue weighted by Crippen LogP contribution is -2.15. The maximum atomic E-state index is 12.5. The third-order valence-electron chi connectivity index (χ3n) is 3.02. The van der Waals surface area contributed by atoms with Crippen molar-refractivity contribution >= 4 is 23.6 Å². The maximum absolute atomic E-state index is 12.5. The smallest absolute Gasteiger partial charge is 0.409 e. The molecule has 1 aromatic carbocycles. The topological polar surface area (TPSA) is 135 Å². The SMILES string of the molecule is NC=C(C=Nc1ccc(C(F)(F)F)cc1)Nc1cnc(/C(N)=N/O)cn1. The second-order valence-electron chi connectivity index (χ2n) is 4.82. The van der Waals surface area contributed by atoms with Crippen molar-refractivity contribution in [3.05, 3.63) is 59.8 Å². The first-order valence-electron chi connectivity index (χ1n) is 7.03. The number of alkyl halides is 3. The molecule has 0 atom stereocenters. The average molecular weight is 365 g/mol. The number of hydrogen-bond donors (Lipinski definition) is 4. The summed E-state index contributed by atoms with van der Waals surface area (Å²) in [7, 11) is 0. The van der Waals surface area contributed by atoms with E-state index in [9.17, 15) is 13.2 Å². The largest absolute Gasteiger partial charge is 0.416 e. The Morgan fingerprint density at radius 1 is 1.15 bits per heavy atom. The van der Waals surface area contributed by atoms with Crippen molar-refractivity contribution in [1.29, 1.82) is 0 Å². The first-order valence-corrected chi connectivity index (χ1v) is 7.03. The van der Waals surface area contributed by atoms with Crippen LogP contribution in [0.15, 0.2) is 58.7 Å². The molecule has 0 radical (unpaired) electrons. The molecule has 0 fully saturated rings. The van der Waals surface area contributed by atoms with Crippen molar-refractivity contribution in [3.8, 4) is 0 Å². The van der Waals surface area contributed by atoms with Gasteiger partial charge in [0.25, 0.3) is 0 Å². The molecule has 0 aliphatic carbocycles. The van der Waals surface area contributed by atoms with Gasteiger partial charge in [-0.1, -0.05) is 5.16 Å². The number of anilines is 1. The number of oxime groups is 1. The monoisotopic (exact) mass is 365 g/mol. The minimum Gasteiger partial charge on any atom is -0.409 e. The first-order chi connectivity index (χ1) is 12.3. The van der Waals surface area contributed by atoms with E-state index >= 15 is 0 Å². The number of nitrogens with two attached hydrogens (primary N) is 2. The highest BCUT2D eigenvalue weighted by molar-refractivity contribution is 5.95. The van der Waals surface area contributed by atoms with Crippen LogP contribution in [0.3, 0.4) is 0 Å². The number of rotatable bonds is 5. The Morgan fingerprint density at radius 3 is 2.35 bits per heavy atom. The van der Waals surface area contributed by atoms with Crippen LogP contribution in [0, 0.1) is 0 Å². The Kier molecular flexibility index (Phi) is 5.73. The number of allylic oxidation sites excluding steroid dienone is 1. The van der Waals surface area contributed by atoms with Gasteiger partial charge in [-0.15, -0.1) is 0 Å². The summed E-state index contributed by atoms with van der Waals surface area (Å²) < 4.78 is 37.5. The van der Waals surface area contributed by atoms with Gasteiger partial charge < -0.3 is 22.0 Å². The molecule has 0 unspecified atom stereocenters. The summed E-state index contributed by atoms with van der Waals surface area (Å²) >= 11 is 0. The lowest BCUT2D eigenvalue weighted by molar-refractivity contribution is -0.137. The van der Waals surface area contributed by atoms with Gasteiger partial charge in [0.15, 0.2) is 5.84 Å². The molecule has 0 amide bonds. The fraction of sp³-hybridized carbons (Fsp3) is 0.0667. The van der Waals surface area contributed by atoms with Crippen LogP contribution in [0.5, 0.6) is 0 Å². The quantitative estimate of drug-likeness (QED) is 0.278. The van der Waals surface area contributed by atoms with Crippen molar-refractivity contribution in [2.24, 2.45) is 21.6 Å². The van der Waals surface area contributed by atoms with E-state index in [1.165, 1.54) is 36.9 Å². The van der Waals surface area contributed by atoms with E-state index in [0.717, 1.165) is 12.1 Å². The van der Waals surface area contributed by atoms with Crippen LogP contribution in [0.4, 0.5) is 24.7 Å². The minimum absolute atomic E-state index is 0.176. The van der Waals surface area contributed by atoms with Gasteiger partial charge in [-0.2, -0.15) is 13.2 Å².